The lowest BCUT2D eigenvalue weighted by atomic mass is 10.2. The fourth-order valence-electron chi connectivity index (χ4n) is 1.08. The van der Waals surface area contributed by atoms with Crippen molar-refractivity contribution in [1.29, 1.82) is 5.26 Å². The highest BCUT2D eigenvalue weighted by Crippen LogP contribution is 2.18. The summed E-state index contributed by atoms with van der Waals surface area (Å²) < 4.78 is 18.3. The quantitative estimate of drug-likeness (QED) is 0.777. The molecule has 1 rings (SSSR count). The predicted molar refractivity (Wildman–Crippen MR) is 53.7 cm³/mol. The molecule has 0 aliphatic rings. The molecule has 1 aromatic rings. The van der Waals surface area contributed by atoms with Crippen LogP contribution in [0.15, 0.2) is 18.2 Å². The first kappa shape index (κ1) is 12.0. The number of hydrogen-bond acceptors (Lipinski definition) is 3. The molecule has 0 amide bonds. The maximum atomic E-state index is 13.3. The minimum atomic E-state index is -1.19. The molecule has 0 aromatic heterocycles. The number of halogens is 1. The van der Waals surface area contributed by atoms with E-state index in [0.717, 1.165) is 6.07 Å². The highest BCUT2D eigenvalue weighted by Gasteiger charge is 2.08. The zero-order valence-corrected chi connectivity index (χ0v) is 8.44. The van der Waals surface area contributed by atoms with E-state index in [1.54, 1.807) is 0 Å². The van der Waals surface area contributed by atoms with Gasteiger partial charge in [-0.15, -0.1) is 0 Å². The van der Waals surface area contributed by atoms with Crippen molar-refractivity contribution in [1.82, 2.24) is 0 Å². The number of carbonyl (C=O) groups is 1. The van der Waals surface area contributed by atoms with Crippen molar-refractivity contribution < 1.29 is 19.0 Å². The fraction of sp³-hybridized carbons (Fsp3) is 0.273. The Morgan fingerprint density at radius 2 is 2.31 bits per heavy atom. The Kier molecular flexibility index (Phi) is 4.28. The van der Waals surface area contributed by atoms with Gasteiger partial charge in [-0.1, -0.05) is 0 Å². The first-order valence-electron chi connectivity index (χ1n) is 4.67. The molecule has 0 heterocycles. The van der Waals surface area contributed by atoms with Gasteiger partial charge in [0.05, 0.1) is 18.2 Å². The largest absolute Gasteiger partial charge is 0.490 e. The summed E-state index contributed by atoms with van der Waals surface area (Å²) in [5.74, 6) is -1.89. The predicted octanol–water partition coefficient (Wildman–Crippen LogP) is 2.21. The summed E-state index contributed by atoms with van der Waals surface area (Å²) in [5, 5.41) is 16.9. The molecule has 0 spiro atoms. The maximum Gasteiger partial charge on any atom is 0.335 e. The van der Waals surface area contributed by atoms with Crippen LogP contribution >= 0.6 is 0 Å². The van der Waals surface area contributed by atoms with Crippen LogP contribution in [-0.2, 0) is 0 Å². The zero-order valence-electron chi connectivity index (χ0n) is 8.44. The van der Waals surface area contributed by atoms with Crippen LogP contribution in [0.5, 0.6) is 5.75 Å². The highest BCUT2D eigenvalue weighted by atomic mass is 19.1. The zero-order chi connectivity index (χ0) is 12.0. The molecule has 0 saturated carbocycles. The van der Waals surface area contributed by atoms with E-state index in [9.17, 15) is 9.18 Å². The van der Waals surface area contributed by atoms with Gasteiger partial charge in [0.2, 0.25) is 0 Å². The number of rotatable bonds is 5. The summed E-state index contributed by atoms with van der Waals surface area (Å²) in [7, 11) is 0. The number of hydrogen-bond donors (Lipinski definition) is 1. The van der Waals surface area contributed by atoms with Crippen molar-refractivity contribution in [3.05, 3.63) is 29.6 Å². The van der Waals surface area contributed by atoms with Gasteiger partial charge in [-0.2, -0.15) is 5.26 Å². The monoisotopic (exact) mass is 223 g/mol. The summed E-state index contributed by atoms with van der Waals surface area (Å²) in [5.41, 5.74) is -0.123. The first-order valence-corrected chi connectivity index (χ1v) is 4.67. The Morgan fingerprint density at radius 3 is 2.88 bits per heavy atom. The van der Waals surface area contributed by atoms with Crippen LogP contribution in [0, 0.1) is 17.1 Å². The number of ether oxygens (including phenoxy) is 1. The molecular weight excluding hydrogens is 213 g/mol. The van der Waals surface area contributed by atoms with Gasteiger partial charge in [-0.25, -0.2) is 9.18 Å². The second-order valence-electron chi connectivity index (χ2n) is 3.06. The van der Waals surface area contributed by atoms with Crippen LogP contribution < -0.4 is 4.74 Å². The normalized spacial score (nSPS) is 9.50. The fourth-order valence-corrected chi connectivity index (χ4v) is 1.08. The molecule has 0 atom stereocenters. The Bertz CT molecular complexity index is 426. The SMILES string of the molecule is N#CCCCOc1ccc(C(=O)O)cc1F. The molecule has 5 heteroatoms. The van der Waals surface area contributed by atoms with Gasteiger partial charge < -0.3 is 9.84 Å². The number of carboxylic acid groups (broad SMARTS) is 1. The topological polar surface area (TPSA) is 70.3 Å². The average Bonchev–Trinajstić information content (AvgIpc) is 2.26. The van der Waals surface area contributed by atoms with Gasteiger partial charge in [-0.05, 0) is 24.6 Å². The van der Waals surface area contributed by atoms with Crippen molar-refractivity contribution >= 4 is 5.97 Å². The van der Waals surface area contributed by atoms with Crippen LogP contribution in [0.3, 0.4) is 0 Å². The van der Waals surface area contributed by atoms with Gasteiger partial charge in [0, 0.05) is 6.42 Å². The van der Waals surface area contributed by atoms with E-state index in [4.69, 9.17) is 15.1 Å². The van der Waals surface area contributed by atoms with E-state index in [2.05, 4.69) is 0 Å². The number of carboxylic acids is 1. The van der Waals surface area contributed by atoms with Crippen LogP contribution in [0.1, 0.15) is 23.2 Å². The minimum Gasteiger partial charge on any atom is -0.490 e. The van der Waals surface area contributed by atoms with Crippen molar-refractivity contribution in [3.63, 3.8) is 0 Å². The van der Waals surface area contributed by atoms with Gasteiger partial charge in [-0.3, -0.25) is 0 Å². The summed E-state index contributed by atoms with van der Waals surface area (Å²) in [6, 6.07) is 5.38. The molecule has 0 saturated heterocycles. The number of nitrogens with zero attached hydrogens (tertiary/aromatic N) is 1. The number of nitriles is 1. The smallest absolute Gasteiger partial charge is 0.335 e. The molecule has 0 unspecified atom stereocenters. The maximum absolute atomic E-state index is 13.3. The van der Waals surface area contributed by atoms with E-state index < -0.39 is 11.8 Å². The third kappa shape index (κ3) is 3.24. The number of unbranched alkanes of at least 4 members (excludes halogenated alkanes) is 1. The van der Waals surface area contributed by atoms with Crippen LogP contribution in [0.4, 0.5) is 4.39 Å². The van der Waals surface area contributed by atoms with Gasteiger partial charge >= 0.3 is 5.97 Å². The molecule has 4 nitrogen and oxygen atoms in total. The molecule has 0 fully saturated rings. The summed E-state index contributed by atoms with van der Waals surface area (Å²) in [4.78, 5) is 10.5. The Balaban J connectivity index is 2.62. The second kappa shape index (κ2) is 5.71. The molecule has 16 heavy (non-hydrogen) atoms. The van der Waals surface area contributed by atoms with Crippen molar-refractivity contribution in [3.8, 4) is 11.8 Å². The van der Waals surface area contributed by atoms with Crippen molar-refractivity contribution in [2.45, 2.75) is 12.8 Å². The molecule has 0 radical (unpaired) electrons. The van der Waals surface area contributed by atoms with E-state index in [1.807, 2.05) is 6.07 Å². The Morgan fingerprint density at radius 1 is 1.56 bits per heavy atom. The van der Waals surface area contributed by atoms with E-state index >= 15 is 0 Å². The molecule has 0 aliphatic carbocycles. The lowest BCUT2D eigenvalue weighted by molar-refractivity contribution is 0.0696. The molecule has 0 aliphatic heterocycles. The van der Waals surface area contributed by atoms with Crippen LogP contribution in [0.25, 0.3) is 0 Å². The third-order valence-electron chi connectivity index (χ3n) is 1.87. The molecule has 84 valence electrons. The average molecular weight is 223 g/mol. The minimum absolute atomic E-state index is 0.00272. The number of aromatic carboxylic acids is 1. The Hall–Kier alpha value is -2.09. The molecular formula is C11H10FNO3. The van der Waals surface area contributed by atoms with Gasteiger partial charge in [0.25, 0.3) is 0 Å². The summed E-state index contributed by atoms with van der Waals surface area (Å²) in [6.45, 7) is 0.233. The third-order valence-corrected chi connectivity index (χ3v) is 1.87. The lowest BCUT2D eigenvalue weighted by Gasteiger charge is -2.06. The molecule has 1 aromatic carbocycles. The molecule has 0 bridgehead atoms. The van der Waals surface area contributed by atoms with Crippen LogP contribution in [-0.4, -0.2) is 17.7 Å². The van der Waals surface area contributed by atoms with E-state index in [-0.39, 0.29) is 17.9 Å². The Labute approximate surface area is 91.9 Å². The van der Waals surface area contributed by atoms with E-state index in [1.165, 1.54) is 12.1 Å². The molecule has 1 N–H and O–H groups in total. The highest BCUT2D eigenvalue weighted by molar-refractivity contribution is 5.87. The summed E-state index contributed by atoms with van der Waals surface area (Å²) >= 11 is 0. The van der Waals surface area contributed by atoms with Gasteiger partial charge in [0.15, 0.2) is 11.6 Å². The summed E-state index contributed by atoms with van der Waals surface area (Å²) in [6.07, 6.45) is 0.853. The van der Waals surface area contributed by atoms with Crippen molar-refractivity contribution in [2.75, 3.05) is 6.61 Å². The lowest BCUT2D eigenvalue weighted by Crippen LogP contribution is -2.01. The van der Waals surface area contributed by atoms with Crippen LogP contribution in [0.2, 0.25) is 0 Å². The number of benzene rings is 1. The second-order valence-corrected chi connectivity index (χ2v) is 3.06. The van der Waals surface area contributed by atoms with E-state index in [0.29, 0.717) is 12.8 Å². The first-order chi connectivity index (χ1) is 7.65. The van der Waals surface area contributed by atoms with Gasteiger partial charge in [0.1, 0.15) is 0 Å². The van der Waals surface area contributed by atoms with Crippen molar-refractivity contribution in [2.24, 2.45) is 0 Å². The standard InChI is InChI=1S/C11H10FNO3/c12-9-7-8(11(14)15)3-4-10(9)16-6-2-1-5-13/h3-4,7H,1-2,6H2,(H,14,15).